The molecule has 5 heteroatoms. The third-order valence-corrected chi connectivity index (χ3v) is 3.58. The van der Waals surface area contributed by atoms with Crippen LogP contribution in [0.4, 0.5) is 21.5 Å². The van der Waals surface area contributed by atoms with E-state index >= 15 is 0 Å². The molecule has 0 aliphatic heterocycles. The highest BCUT2D eigenvalue weighted by Gasteiger charge is 2.05. The first-order valence-corrected chi connectivity index (χ1v) is 7.72. The molecule has 0 radical (unpaired) electrons. The fourth-order valence-electron chi connectivity index (χ4n) is 2.19. The Kier molecular flexibility index (Phi) is 5.72. The molecule has 0 saturated carbocycles. The van der Waals surface area contributed by atoms with Crippen molar-refractivity contribution >= 4 is 34.4 Å². The van der Waals surface area contributed by atoms with Gasteiger partial charge in [-0.05, 0) is 62.5 Å². The quantitative estimate of drug-likeness (QED) is 0.795. The lowest BCUT2D eigenvalue weighted by Crippen LogP contribution is -2.22. The van der Waals surface area contributed by atoms with Gasteiger partial charge in [0.25, 0.3) is 0 Å². The normalized spacial score (nSPS) is 10.1. The van der Waals surface area contributed by atoms with Crippen molar-refractivity contribution in [3.63, 3.8) is 0 Å². The predicted molar refractivity (Wildman–Crippen MR) is 96.2 cm³/mol. The highest BCUT2D eigenvalue weighted by atomic mass is 32.1. The summed E-state index contributed by atoms with van der Waals surface area (Å²) in [6, 6.07) is 14.4. The second kappa shape index (κ2) is 7.75. The van der Waals surface area contributed by atoms with Crippen molar-refractivity contribution in [3.8, 4) is 0 Å². The first kappa shape index (κ1) is 16.2. The minimum atomic E-state index is -0.330. The van der Waals surface area contributed by atoms with E-state index in [0.29, 0.717) is 10.8 Å². The highest BCUT2D eigenvalue weighted by molar-refractivity contribution is 7.80. The van der Waals surface area contributed by atoms with Gasteiger partial charge in [-0.15, -0.1) is 0 Å². The molecular weight excluding hydrogens is 297 g/mol. The zero-order valence-electron chi connectivity index (χ0n) is 12.8. The largest absolute Gasteiger partial charge is 0.372 e. The first-order valence-electron chi connectivity index (χ1n) is 7.31. The maximum atomic E-state index is 13.6. The number of hydrogen-bond acceptors (Lipinski definition) is 2. The fourth-order valence-corrected chi connectivity index (χ4v) is 2.42. The summed E-state index contributed by atoms with van der Waals surface area (Å²) in [6.07, 6.45) is 0. The Hall–Kier alpha value is -2.14. The molecule has 2 aromatic carbocycles. The molecule has 0 aliphatic rings. The van der Waals surface area contributed by atoms with Gasteiger partial charge in [0.05, 0.1) is 5.69 Å². The van der Waals surface area contributed by atoms with Crippen molar-refractivity contribution in [3.05, 3.63) is 54.3 Å². The molecule has 0 atom stereocenters. The number of para-hydroxylation sites is 1. The van der Waals surface area contributed by atoms with Crippen molar-refractivity contribution in [2.45, 2.75) is 13.8 Å². The lowest BCUT2D eigenvalue weighted by atomic mass is 10.2. The van der Waals surface area contributed by atoms with Gasteiger partial charge < -0.3 is 15.5 Å². The molecule has 0 bridgehead atoms. The second-order valence-electron chi connectivity index (χ2n) is 4.78. The SMILES string of the molecule is CCN(CC)c1ccc(NC(=S)Nc2ccccc2F)cc1. The molecule has 2 aromatic rings. The van der Waals surface area contributed by atoms with E-state index in [2.05, 4.69) is 29.4 Å². The van der Waals surface area contributed by atoms with E-state index in [1.165, 1.54) is 11.8 Å². The summed E-state index contributed by atoms with van der Waals surface area (Å²) in [7, 11) is 0. The molecular formula is C17H20FN3S. The number of anilines is 3. The van der Waals surface area contributed by atoms with Crippen molar-refractivity contribution in [2.75, 3.05) is 28.6 Å². The predicted octanol–water partition coefficient (Wildman–Crippen LogP) is 4.48. The van der Waals surface area contributed by atoms with Gasteiger partial charge in [-0.2, -0.15) is 0 Å². The summed E-state index contributed by atoms with van der Waals surface area (Å²) in [5, 5.41) is 6.27. The van der Waals surface area contributed by atoms with E-state index in [1.54, 1.807) is 18.2 Å². The van der Waals surface area contributed by atoms with Crippen molar-refractivity contribution in [1.82, 2.24) is 0 Å². The third-order valence-electron chi connectivity index (χ3n) is 3.38. The van der Waals surface area contributed by atoms with Gasteiger partial charge in [0, 0.05) is 24.5 Å². The van der Waals surface area contributed by atoms with Crippen LogP contribution in [0.1, 0.15) is 13.8 Å². The van der Waals surface area contributed by atoms with E-state index in [4.69, 9.17) is 12.2 Å². The molecule has 0 heterocycles. The van der Waals surface area contributed by atoms with Crippen LogP contribution in [0.15, 0.2) is 48.5 Å². The average molecular weight is 317 g/mol. The second-order valence-corrected chi connectivity index (χ2v) is 5.19. The topological polar surface area (TPSA) is 27.3 Å². The van der Waals surface area contributed by atoms with Gasteiger partial charge in [0.15, 0.2) is 5.11 Å². The van der Waals surface area contributed by atoms with Crippen LogP contribution < -0.4 is 15.5 Å². The number of benzene rings is 2. The summed E-state index contributed by atoms with van der Waals surface area (Å²) in [5.41, 5.74) is 2.40. The van der Waals surface area contributed by atoms with Crippen LogP contribution >= 0.6 is 12.2 Å². The Morgan fingerprint density at radius 3 is 2.23 bits per heavy atom. The van der Waals surface area contributed by atoms with Crippen LogP contribution in [-0.2, 0) is 0 Å². The standard InChI is InChI=1S/C17H20FN3S/c1-3-21(4-2)14-11-9-13(10-12-14)19-17(22)20-16-8-6-5-7-15(16)18/h5-12H,3-4H2,1-2H3,(H2,19,20,22). The van der Waals surface area contributed by atoms with E-state index in [9.17, 15) is 4.39 Å². The Morgan fingerprint density at radius 2 is 1.64 bits per heavy atom. The average Bonchev–Trinajstić information content (AvgIpc) is 2.52. The monoisotopic (exact) mass is 317 g/mol. The molecule has 0 fully saturated rings. The van der Waals surface area contributed by atoms with Crippen LogP contribution in [-0.4, -0.2) is 18.2 Å². The molecule has 0 aliphatic carbocycles. The zero-order valence-corrected chi connectivity index (χ0v) is 13.6. The number of nitrogens with zero attached hydrogens (tertiary/aromatic N) is 1. The van der Waals surface area contributed by atoms with Gasteiger partial charge in [0.1, 0.15) is 5.82 Å². The van der Waals surface area contributed by atoms with E-state index in [0.717, 1.165) is 18.8 Å². The Morgan fingerprint density at radius 1 is 1.00 bits per heavy atom. The Labute approximate surface area is 136 Å². The number of halogens is 1. The van der Waals surface area contributed by atoms with E-state index in [1.807, 2.05) is 24.3 Å². The van der Waals surface area contributed by atoms with Crippen LogP contribution in [0.25, 0.3) is 0 Å². The summed E-state index contributed by atoms with van der Waals surface area (Å²) in [6.45, 7) is 6.19. The maximum Gasteiger partial charge on any atom is 0.175 e. The number of hydrogen-bond donors (Lipinski definition) is 2. The number of thiocarbonyl (C=S) groups is 1. The Bertz CT molecular complexity index is 624. The molecule has 3 nitrogen and oxygen atoms in total. The molecule has 2 N–H and O–H groups in total. The smallest absolute Gasteiger partial charge is 0.175 e. The third kappa shape index (κ3) is 4.18. The van der Waals surface area contributed by atoms with Gasteiger partial charge in [-0.3, -0.25) is 0 Å². The maximum absolute atomic E-state index is 13.6. The van der Waals surface area contributed by atoms with Crippen LogP contribution in [0.2, 0.25) is 0 Å². The van der Waals surface area contributed by atoms with Gasteiger partial charge in [0.2, 0.25) is 0 Å². The summed E-state index contributed by atoms with van der Waals surface area (Å²) < 4.78 is 13.6. The lowest BCUT2D eigenvalue weighted by Gasteiger charge is -2.21. The van der Waals surface area contributed by atoms with Crippen molar-refractivity contribution in [1.29, 1.82) is 0 Å². The summed E-state index contributed by atoms with van der Waals surface area (Å²) >= 11 is 5.21. The number of nitrogens with one attached hydrogen (secondary N) is 2. The van der Waals surface area contributed by atoms with Gasteiger partial charge >= 0.3 is 0 Å². The minimum Gasteiger partial charge on any atom is -0.372 e. The van der Waals surface area contributed by atoms with E-state index < -0.39 is 0 Å². The van der Waals surface area contributed by atoms with Gasteiger partial charge in [-0.25, -0.2) is 4.39 Å². The van der Waals surface area contributed by atoms with Crippen LogP contribution in [0.5, 0.6) is 0 Å². The minimum absolute atomic E-state index is 0.330. The van der Waals surface area contributed by atoms with E-state index in [-0.39, 0.29) is 5.82 Å². The molecule has 0 unspecified atom stereocenters. The van der Waals surface area contributed by atoms with Crippen LogP contribution in [0, 0.1) is 5.82 Å². The Balaban J connectivity index is 1.99. The molecule has 2 rings (SSSR count). The summed E-state index contributed by atoms with van der Waals surface area (Å²) in [5.74, 6) is -0.330. The zero-order chi connectivity index (χ0) is 15.9. The molecule has 0 spiro atoms. The molecule has 0 saturated heterocycles. The molecule has 22 heavy (non-hydrogen) atoms. The molecule has 0 aromatic heterocycles. The van der Waals surface area contributed by atoms with Crippen LogP contribution in [0.3, 0.4) is 0 Å². The molecule has 0 amide bonds. The number of rotatable bonds is 5. The van der Waals surface area contributed by atoms with Crippen molar-refractivity contribution in [2.24, 2.45) is 0 Å². The van der Waals surface area contributed by atoms with Crippen molar-refractivity contribution < 1.29 is 4.39 Å². The summed E-state index contributed by atoms with van der Waals surface area (Å²) in [4.78, 5) is 2.26. The van der Waals surface area contributed by atoms with Gasteiger partial charge in [-0.1, -0.05) is 12.1 Å². The molecule has 116 valence electrons. The highest BCUT2D eigenvalue weighted by Crippen LogP contribution is 2.18. The fraction of sp³-hybridized carbons (Fsp3) is 0.235. The first-order chi connectivity index (χ1) is 10.6. The lowest BCUT2D eigenvalue weighted by molar-refractivity contribution is 0.632.